The lowest BCUT2D eigenvalue weighted by Crippen LogP contribution is -2.54. The third-order valence-electron chi connectivity index (χ3n) is 8.60. The number of para-hydroxylation sites is 1. The van der Waals surface area contributed by atoms with E-state index in [1.807, 2.05) is 75.4 Å². The van der Waals surface area contributed by atoms with Gasteiger partial charge in [0, 0.05) is 13.0 Å². The lowest BCUT2D eigenvalue weighted by Gasteiger charge is -2.43. The number of hydrogen-bond donors (Lipinski definition) is 1. The monoisotopic (exact) mass is 647 g/mol. The van der Waals surface area contributed by atoms with Crippen molar-refractivity contribution in [2.75, 3.05) is 13.2 Å². The van der Waals surface area contributed by atoms with Crippen LogP contribution in [0.25, 0.3) is 11.1 Å². The molecule has 4 rings (SSSR count). The number of carboxylic acid groups (broad SMARTS) is 1. The van der Waals surface area contributed by atoms with E-state index >= 15 is 0 Å². The van der Waals surface area contributed by atoms with Crippen molar-refractivity contribution >= 4 is 20.4 Å². The zero-order chi connectivity index (χ0) is 33.7. The highest BCUT2D eigenvalue weighted by Crippen LogP contribution is 2.38. The molecule has 0 aliphatic carbocycles. The van der Waals surface area contributed by atoms with Gasteiger partial charge in [0.2, 0.25) is 0 Å². The van der Waals surface area contributed by atoms with Gasteiger partial charge in [0.05, 0.1) is 5.56 Å². The van der Waals surface area contributed by atoms with Gasteiger partial charge < -0.3 is 23.7 Å². The Morgan fingerprint density at radius 1 is 0.957 bits per heavy atom. The number of aromatic carboxylic acids is 1. The van der Waals surface area contributed by atoms with Crippen molar-refractivity contribution in [1.82, 2.24) is 4.90 Å². The van der Waals surface area contributed by atoms with Crippen LogP contribution in [0.5, 0.6) is 11.5 Å². The molecule has 0 saturated heterocycles. The highest BCUT2D eigenvalue weighted by Gasteiger charge is 2.42. The first-order valence-corrected chi connectivity index (χ1v) is 18.9. The Bertz CT molecular complexity index is 1480. The maximum absolute atomic E-state index is 13.8. The van der Waals surface area contributed by atoms with E-state index in [-0.39, 0.29) is 23.3 Å². The fourth-order valence-corrected chi connectivity index (χ4v) is 6.21. The summed E-state index contributed by atoms with van der Waals surface area (Å²) in [5.74, 6) is 0.593. The minimum absolute atomic E-state index is 0.0784. The fourth-order valence-electron chi connectivity index (χ4n) is 4.98. The maximum atomic E-state index is 13.8. The first-order valence-electron chi connectivity index (χ1n) is 16.0. The van der Waals surface area contributed by atoms with Crippen LogP contribution in [0.3, 0.4) is 0 Å². The summed E-state index contributed by atoms with van der Waals surface area (Å²) >= 11 is 0. The van der Waals surface area contributed by atoms with Crippen molar-refractivity contribution in [3.63, 3.8) is 0 Å². The molecule has 3 aromatic carbocycles. The van der Waals surface area contributed by atoms with Gasteiger partial charge in [-0.25, -0.2) is 9.59 Å². The number of aryl methyl sites for hydroxylation is 1. The predicted octanol–water partition coefficient (Wildman–Crippen LogP) is 8.80. The van der Waals surface area contributed by atoms with Crippen molar-refractivity contribution in [3.05, 3.63) is 83.9 Å². The van der Waals surface area contributed by atoms with Gasteiger partial charge in [-0.05, 0) is 105 Å². The topological polar surface area (TPSA) is 94.5 Å². The maximum Gasteiger partial charge on any atom is 0.412 e. The number of carbonyl (C=O) groups is 2. The molecule has 0 aromatic heterocycles. The number of carbonyl (C=O) groups excluding carboxylic acids is 1. The Morgan fingerprint density at radius 3 is 2.22 bits per heavy atom. The van der Waals surface area contributed by atoms with E-state index in [1.165, 1.54) is 0 Å². The number of fused-ring (bicyclic) bond motifs is 1. The van der Waals surface area contributed by atoms with Crippen LogP contribution in [0.15, 0.2) is 72.8 Å². The summed E-state index contributed by atoms with van der Waals surface area (Å²) in [6.45, 7) is 17.0. The lowest BCUT2D eigenvalue weighted by molar-refractivity contribution is -0.0438. The molecule has 248 valence electrons. The minimum Gasteiger partial charge on any atom is -0.490 e. The Hall–Kier alpha value is -3.82. The van der Waals surface area contributed by atoms with E-state index in [0.29, 0.717) is 18.7 Å². The Balaban J connectivity index is 1.52. The molecule has 46 heavy (non-hydrogen) atoms. The normalized spacial score (nSPS) is 15.7. The minimum atomic E-state index is -2.32. The lowest BCUT2D eigenvalue weighted by atomic mass is 9.95. The second-order valence-corrected chi connectivity index (χ2v) is 19.2. The average Bonchev–Trinajstić information content (AvgIpc) is 2.98. The number of nitrogens with zero attached hydrogens (tertiary/aromatic N) is 1. The quantitative estimate of drug-likeness (QED) is 0.164. The molecule has 1 N–H and O–H groups in total. The van der Waals surface area contributed by atoms with E-state index in [0.717, 1.165) is 35.3 Å². The van der Waals surface area contributed by atoms with Crippen molar-refractivity contribution < 1.29 is 33.3 Å². The van der Waals surface area contributed by atoms with Crippen LogP contribution in [-0.2, 0) is 15.6 Å². The van der Waals surface area contributed by atoms with E-state index < -0.39 is 32.2 Å². The molecule has 0 radical (unpaired) electrons. The molecule has 0 bridgehead atoms. The van der Waals surface area contributed by atoms with E-state index in [9.17, 15) is 14.7 Å². The summed E-state index contributed by atoms with van der Waals surface area (Å²) in [5.41, 5.74) is 2.65. The number of ether oxygens (including phenoxy) is 3. The van der Waals surface area contributed by atoms with Crippen LogP contribution < -0.4 is 9.47 Å². The smallest absolute Gasteiger partial charge is 0.412 e. The van der Waals surface area contributed by atoms with E-state index in [4.69, 9.17) is 18.6 Å². The van der Waals surface area contributed by atoms with Gasteiger partial charge >= 0.3 is 12.1 Å². The largest absolute Gasteiger partial charge is 0.490 e. The van der Waals surface area contributed by atoms with E-state index in [1.54, 1.807) is 17.0 Å². The van der Waals surface area contributed by atoms with Crippen LogP contribution in [0, 0.1) is 0 Å². The molecule has 0 saturated carbocycles. The summed E-state index contributed by atoms with van der Waals surface area (Å²) in [4.78, 5) is 26.7. The number of benzene rings is 3. The number of rotatable bonds is 11. The molecule has 0 spiro atoms. The molecule has 9 heteroatoms. The molecule has 1 aliphatic heterocycles. The van der Waals surface area contributed by atoms with Gasteiger partial charge in [0.25, 0.3) is 0 Å². The molecule has 3 aromatic rings. The third kappa shape index (κ3) is 9.36. The summed E-state index contributed by atoms with van der Waals surface area (Å²) in [6.07, 6.45) is 1.03. The number of carboxylic acids is 1. The first-order chi connectivity index (χ1) is 21.5. The van der Waals surface area contributed by atoms with Gasteiger partial charge in [-0.2, -0.15) is 0 Å². The van der Waals surface area contributed by atoms with E-state index in [2.05, 4.69) is 39.9 Å². The van der Waals surface area contributed by atoms with Crippen molar-refractivity contribution in [2.24, 2.45) is 0 Å². The standard InChI is InChI=1S/C37H49NO7Si/c1-36(2,3)44-35(41)38(33(45-46(7,8)37(4,5)6)25-42-30-12-10-9-11-13-30)23-22-31-20-18-29-24-28(19-21-32(29)43-31)26-14-16-27(17-15-26)34(39)40/h9-17,19,21,24,31,33H,18,20,22-23,25H2,1-8H3,(H,39,40)/t31-,33-/m1/s1. The molecule has 1 aliphatic rings. The first kappa shape index (κ1) is 35.0. The van der Waals surface area contributed by atoms with Crippen molar-refractivity contribution in [1.29, 1.82) is 0 Å². The highest BCUT2D eigenvalue weighted by molar-refractivity contribution is 6.74. The average molecular weight is 648 g/mol. The summed E-state index contributed by atoms with van der Waals surface area (Å²) in [6, 6.07) is 22.5. The summed E-state index contributed by atoms with van der Waals surface area (Å²) in [7, 11) is -2.32. The third-order valence-corrected chi connectivity index (χ3v) is 13.1. The zero-order valence-electron chi connectivity index (χ0n) is 28.5. The SMILES string of the molecule is CC(C)(C)OC(=O)N(CC[C@H]1CCc2cc(-c3ccc(C(=O)O)cc3)ccc2O1)[C@@H](COc1ccccc1)O[Si](C)(C)C(C)(C)C. The van der Waals surface area contributed by atoms with Crippen LogP contribution in [0.4, 0.5) is 4.79 Å². The second-order valence-electron chi connectivity index (χ2n) is 14.4. The van der Waals surface area contributed by atoms with Crippen LogP contribution in [0.1, 0.15) is 70.3 Å². The molecule has 1 heterocycles. The Kier molecular flexibility index (Phi) is 10.9. The van der Waals surface area contributed by atoms with Crippen molar-refractivity contribution in [2.45, 2.75) is 96.9 Å². The van der Waals surface area contributed by atoms with Crippen molar-refractivity contribution in [3.8, 4) is 22.6 Å². The molecule has 2 atom stereocenters. The van der Waals surface area contributed by atoms with Gasteiger partial charge in [-0.3, -0.25) is 4.90 Å². The fraction of sp³-hybridized carbons (Fsp3) is 0.459. The Morgan fingerprint density at radius 2 is 1.61 bits per heavy atom. The van der Waals surface area contributed by atoms with Crippen LogP contribution >= 0.6 is 0 Å². The highest BCUT2D eigenvalue weighted by atomic mass is 28.4. The molecular weight excluding hydrogens is 598 g/mol. The summed E-state index contributed by atoms with van der Waals surface area (Å²) < 4.78 is 25.4. The molecule has 0 fully saturated rings. The van der Waals surface area contributed by atoms with Gasteiger partial charge in [0.1, 0.15) is 29.8 Å². The summed E-state index contributed by atoms with van der Waals surface area (Å²) in [5, 5.41) is 9.14. The van der Waals surface area contributed by atoms with Gasteiger partial charge in [-0.15, -0.1) is 0 Å². The number of amides is 1. The zero-order valence-corrected chi connectivity index (χ0v) is 29.5. The predicted molar refractivity (Wildman–Crippen MR) is 183 cm³/mol. The van der Waals surface area contributed by atoms with Crippen LogP contribution in [-0.4, -0.2) is 61.5 Å². The van der Waals surface area contributed by atoms with Gasteiger partial charge in [-0.1, -0.05) is 57.2 Å². The molecule has 1 amide bonds. The second kappa shape index (κ2) is 14.3. The van der Waals surface area contributed by atoms with Crippen LogP contribution in [0.2, 0.25) is 18.1 Å². The number of hydrogen-bond acceptors (Lipinski definition) is 6. The Labute approximate surface area is 274 Å². The molecule has 0 unspecified atom stereocenters. The molecule has 8 nitrogen and oxygen atoms in total. The molecular formula is C37H49NO7Si. The van der Waals surface area contributed by atoms with Gasteiger partial charge in [0.15, 0.2) is 14.5 Å².